The van der Waals surface area contributed by atoms with Gasteiger partial charge in [-0.3, -0.25) is 9.59 Å². The second kappa shape index (κ2) is 10.9. The average molecular weight is 443 g/mol. The molecule has 0 heterocycles. The molecule has 0 spiro atoms. The van der Waals surface area contributed by atoms with Crippen molar-refractivity contribution in [2.75, 3.05) is 0 Å². The van der Waals surface area contributed by atoms with Crippen molar-refractivity contribution < 1.29 is 24.2 Å². The number of ketones is 2. The van der Waals surface area contributed by atoms with E-state index in [0.29, 0.717) is 31.6 Å². The van der Waals surface area contributed by atoms with Crippen LogP contribution in [0.2, 0.25) is 0 Å². The zero-order valence-corrected chi connectivity index (χ0v) is 20.3. The summed E-state index contributed by atoms with van der Waals surface area (Å²) in [6.07, 6.45) is 2.11. The van der Waals surface area contributed by atoms with Crippen molar-refractivity contribution in [1.82, 2.24) is 0 Å². The lowest BCUT2D eigenvalue weighted by atomic mass is 9.78. The van der Waals surface area contributed by atoms with E-state index in [2.05, 4.69) is 0 Å². The lowest BCUT2D eigenvalue weighted by Gasteiger charge is -2.34. The van der Waals surface area contributed by atoms with Crippen LogP contribution in [0.1, 0.15) is 84.0 Å². The highest BCUT2D eigenvalue weighted by Gasteiger charge is 2.61. The fourth-order valence-corrected chi connectivity index (χ4v) is 4.23. The van der Waals surface area contributed by atoms with Gasteiger partial charge in [0.05, 0.1) is 11.5 Å². The number of hydrogen-bond acceptors (Lipinski definition) is 5. The van der Waals surface area contributed by atoms with Crippen LogP contribution in [0, 0.1) is 23.7 Å². The number of carbonyl (C=O) groups excluding carboxylic acids is 3. The number of aliphatic hydroxyl groups excluding tert-OH is 1. The standard InChI is InChI=1S/C27H38O5/c1-17(2)12-14-22-24(29)21(16-19(5)6)25(30)27(22,23(28)15-13-18(3)4)32-26(31)20-10-8-7-9-11-20/h7-11,17-19,22,30H,12-16H2,1-6H3/t22-,27+/m0/s1. The molecule has 1 N–H and O–H groups in total. The minimum Gasteiger partial charge on any atom is -0.507 e. The van der Waals surface area contributed by atoms with Gasteiger partial charge in [-0.1, -0.05) is 66.2 Å². The number of benzene rings is 1. The molecule has 2 atom stereocenters. The fourth-order valence-electron chi connectivity index (χ4n) is 4.23. The fraction of sp³-hybridized carbons (Fsp3) is 0.593. The molecule has 5 nitrogen and oxygen atoms in total. The number of aliphatic hydroxyl groups is 1. The lowest BCUT2D eigenvalue weighted by Crippen LogP contribution is -2.50. The third-order valence-corrected chi connectivity index (χ3v) is 6.01. The van der Waals surface area contributed by atoms with Gasteiger partial charge in [-0.15, -0.1) is 0 Å². The molecule has 1 aliphatic rings. The van der Waals surface area contributed by atoms with Gasteiger partial charge < -0.3 is 9.84 Å². The summed E-state index contributed by atoms with van der Waals surface area (Å²) in [4.78, 5) is 40.2. The van der Waals surface area contributed by atoms with Gasteiger partial charge in [-0.05, 0) is 49.1 Å². The van der Waals surface area contributed by atoms with Gasteiger partial charge >= 0.3 is 5.97 Å². The van der Waals surface area contributed by atoms with E-state index in [1.165, 1.54) is 0 Å². The summed E-state index contributed by atoms with van der Waals surface area (Å²) in [5.74, 6) is -1.96. The van der Waals surface area contributed by atoms with Crippen molar-refractivity contribution in [3.8, 4) is 0 Å². The number of Topliss-reactive ketones (excluding diaryl/α,β-unsaturated/α-hetero) is 2. The van der Waals surface area contributed by atoms with Crippen LogP contribution >= 0.6 is 0 Å². The summed E-state index contributed by atoms with van der Waals surface area (Å²) in [5, 5.41) is 11.3. The molecule has 0 aliphatic heterocycles. The van der Waals surface area contributed by atoms with Crippen LogP contribution in [-0.2, 0) is 14.3 Å². The van der Waals surface area contributed by atoms with Crippen LogP contribution in [0.4, 0.5) is 0 Å². The van der Waals surface area contributed by atoms with Gasteiger partial charge in [0, 0.05) is 12.0 Å². The van der Waals surface area contributed by atoms with Gasteiger partial charge in [0.15, 0.2) is 17.3 Å². The Hall–Kier alpha value is -2.43. The highest BCUT2D eigenvalue weighted by atomic mass is 16.6. The van der Waals surface area contributed by atoms with E-state index in [1.807, 2.05) is 41.5 Å². The second-order valence-electron chi connectivity index (χ2n) is 10.2. The normalized spacial score (nSPS) is 21.2. The van der Waals surface area contributed by atoms with Crippen LogP contribution in [0.3, 0.4) is 0 Å². The van der Waals surface area contributed by atoms with E-state index in [0.717, 1.165) is 0 Å². The number of esters is 1. The van der Waals surface area contributed by atoms with Gasteiger partial charge in [0.1, 0.15) is 0 Å². The minimum atomic E-state index is -1.95. The minimum absolute atomic E-state index is 0.105. The zero-order chi connectivity index (χ0) is 24.1. The molecular weight excluding hydrogens is 404 g/mol. The SMILES string of the molecule is CC(C)CCC(=O)[C@@]1(OC(=O)c2ccccc2)C(O)=C(CC(C)C)C(=O)[C@@H]1CCC(C)C. The Kier molecular flexibility index (Phi) is 8.82. The molecule has 1 aromatic carbocycles. The smallest absolute Gasteiger partial charge is 0.339 e. The van der Waals surface area contributed by atoms with Crippen molar-refractivity contribution in [1.29, 1.82) is 0 Å². The van der Waals surface area contributed by atoms with Crippen molar-refractivity contribution in [2.24, 2.45) is 23.7 Å². The molecular formula is C27H38O5. The summed E-state index contributed by atoms with van der Waals surface area (Å²) in [6, 6.07) is 8.40. The Labute approximate surface area is 192 Å². The van der Waals surface area contributed by atoms with Crippen LogP contribution in [0.15, 0.2) is 41.7 Å². The highest BCUT2D eigenvalue weighted by Crippen LogP contribution is 2.46. The monoisotopic (exact) mass is 442 g/mol. The van der Waals surface area contributed by atoms with Crippen molar-refractivity contribution in [2.45, 2.75) is 79.2 Å². The topological polar surface area (TPSA) is 80.7 Å². The number of allylic oxidation sites excluding steroid dienone is 1. The highest BCUT2D eigenvalue weighted by molar-refractivity contribution is 6.10. The largest absolute Gasteiger partial charge is 0.507 e. The molecule has 0 aromatic heterocycles. The summed E-state index contributed by atoms with van der Waals surface area (Å²) in [5.41, 5.74) is -1.44. The first-order valence-electron chi connectivity index (χ1n) is 11.8. The maximum Gasteiger partial charge on any atom is 0.339 e. The Morgan fingerprint density at radius 1 is 0.969 bits per heavy atom. The molecule has 1 aromatic rings. The Morgan fingerprint density at radius 2 is 1.56 bits per heavy atom. The molecule has 2 rings (SSSR count). The van der Waals surface area contributed by atoms with E-state index in [1.54, 1.807) is 30.3 Å². The summed E-state index contributed by atoms with van der Waals surface area (Å²) < 4.78 is 5.90. The van der Waals surface area contributed by atoms with Crippen molar-refractivity contribution in [3.05, 3.63) is 47.2 Å². The molecule has 0 bridgehead atoms. The molecule has 176 valence electrons. The van der Waals surface area contributed by atoms with E-state index in [4.69, 9.17) is 4.74 Å². The van der Waals surface area contributed by atoms with Crippen molar-refractivity contribution >= 4 is 17.5 Å². The Morgan fingerprint density at radius 3 is 2.09 bits per heavy atom. The second-order valence-corrected chi connectivity index (χ2v) is 10.2. The van der Waals surface area contributed by atoms with Crippen LogP contribution in [0.5, 0.6) is 0 Å². The molecule has 0 fully saturated rings. The third-order valence-electron chi connectivity index (χ3n) is 6.01. The first kappa shape index (κ1) is 25.8. The van der Waals surface area contributed by atoms with Crippen LogP contribution in [-0.4, -0.2) is 28.2 Å². The lowest BCUT2D eigenvalue weighted by molar-refractivity contribution is -0.147. The van der Waals surface area contributed by atoms with E-state index >= 15 is 0 Å². The van der Waals surface area contributed by atoms with Crippen molar-refractivity contribution in [3.63, 3.8) is 0 Å². The summed E-state index contributed by atoms with van der Waals surface area (Å²) in [6.45, 7) is 12.0. The van der Waals surface area contributed by atoms with E-state index in [-0.39, 0.29) is 40.9 Å². The van der Waals surface area contributed by atoms with Gasteiger partial charge in [0.2, 0.25) is 5.60 Å². The Balaban J connectivity index is 2.59. The number of hydrogen-bond donors (Lipinski definition) is 1. The van der Waals surface area contributed by atoms with E-state index in [9.17, 15) is 19.5 Å². The molecule has 0 saturated heterocycles. The molecule has 1 aliphatic carbocycles. The number of rotatable bonds is 11. The molecule has 0 amide bonds. The van der Waals surface area contributed by atoms with Gasteiger partial charge in [-0.2, -0.15) is 0 Å². The Bertz CT molecular complexity index is 850. The predicted molar refractivity (Wildman–Crippen MR) is 125 cm³/mol. The van der Waals surface area contributed by atoms with Gasteiger partial charge in [-0.25, -0.2) is 4.79 Å². The third kappa shape index (κ3) is 5.67. The predicted octanol–water partition coefficient (Wildman–Crippen LogP) is 6.08. The first-order valence-corrected chi connectivity index (χ1v) is 11.8. The number of carbonyl (C=O) groups is 3. The molecule has 0 unspecified atom stereocenters. The van der Waals surface area contributed by atoms with Gasteiger partial charge in [0.25, 0.3) is 0 Å². The molecule has 5 heteroatoms. The molecule has 32 heavy (non-hydrogen) atoms. The number of ether oxygens (including phenoxy) is 1. The maximum atomic E-state index is 13.7. The average Bonchev–Trinajstić information content (AvgIpc) is 2.92. The maximum absolute atomic E-state index is 13.7. The summed E-state index contributed by atoms with van der Waals surface area (Å²) >= 11 is 0. The summed E-state index contributed by atoms with van der Waals surface area (Å²) in [7, 11) is 0. The molecule has 0 saturated carbocycles. The zero-order valence-electron chi connectivity index (χ0n) is 20.3. The van der Waals surface area contributed by atoms with E-state index < -0.39 is 23.3 Å². The van der Waals surface area contributed by atoms with Crippen LogP contribution < -0.4 is 0 Å². The first-order chi connectivity index (χ1) is 15.0. The van der Waals surface area contributed by atoms with Crippen LogP contribution in [0.25, 0.3) is 0 Å². The molecule has 0 radical (unpaired) electrons. The quantitative estimate of drug-likeness (QED) is 0.420.